The molecule has 0 saturated carbocycles. The molecule has 0 heterocycles. The zero-order valence-electron chi connectivity index (χ0n) is 18.5. The minimum Gasteiger partial charge on any atom is -0.457 e. The van der Waals surface area contributed by atoms with Crippen LogP contribution in [0.4, 0.5) is 0 Å². The third kappa shape index (κ3) is 3.99. The number of aliphatic hydroxyl groups is 1. The van der Waals surface area contributed by atoms with E-state index in [1.54, 1.807) is 0 Å². The summed E-state index contributed by atoms with van der Waals surface area (Å²) in [7, 11) is 0. The number of hydrogen-bond acceptors (Lipinski definition) is 2. The van der Waals surface area contributed by atoms with Gasteiger partial charge in [0.2, 0.25) is 0 Å². The van der Waals surface area contributed by atoms with Crippen LogP contribution in [-0.4, -0.2) is 5.11 Å². The van der Waals surface area contributed by atoms with E-state index in [9.17, 15) is 5.11 Å². The van der Waals surface area contributed by atoms with Crippen LogP contribution >= 0.6 is 0 Å². The molecule has 4 aromatic rings. The van der Waals surface area contributed by atoms with E-state index >= 15 is 0 Å². The molecule has 0 saturated heterocycles. The van der Waals surface area contributed by atoms with Crippen LogP contribution in [0.2, 0.25) is 0 Å². The molecular weight excluding hydrogens is 380 g/mol. The van der Waals surface area contributed by atoms with Gasteiger partial charge in [0.1, 0.15) is 17.1 Å². The van der Waals surface area contributed by atoms with Crippen LogP contribution in [0.5, 0.6) is 11.5 Å². The summed E-state index contributed by atoms with van der Waals surface area (Å²) in [5.41, 5.74) is 5.59. The Labute approximate surface area is 184 Å². The lowest BCUT2D eigenvalue weighted by molar-refractivity contribution is 0.123. The summed E-state index contributed by atoms with van der Waals surface area (Å²) in [6, 6.07) is 29.7. The van der Waals surface area contributed by atoms with Gasteiger partial charge < -0.3 is 9.84 Å². The first-order valence-corrected chi connectivity index (χ1v) is 10.6. The molecule has 4 aromatic carbocycles. The van der Waals surface area contributed by atoms with Crippen LogP contribution in [0.15, 0.2) is 91.0 Å². The lowest BCUT2D eigenvalue weighted by Crippen LogP contribution is -2.29. The van der Waals surface area contributed by atoms with Gasteiger partial charge in [-0.2, -0.15) is 0 Å². The summed E-state index contributed by atoms with van der Waals surface area (Å²) in [5.74, 6) is 1.41. The Balaban J connectivity index is 1.95. The number of rotatable bonds is 5. The lowest BCUT2D eigenvalue weighted by Gasteiger charge is -2.32. The summed E-state index contributed by atoms with van der Waals surface area (Å²) in [6.45, 7) is 8.30. The molecule has 0 radical (unpaired) electrons. The van der Waals surface area contributed by atoms with Crippen molar-refractivity contribution in [3.8, 4) is 11.5 Å². The van der Waals surface area contributed by atoms with Gasteiger partial charge in [0.15, 0.2) is 0 Å². The van der Waals surface area contributed by atoms with E-state index in [4.69, 9.17) is 4.74 Å². The summed E-state index contributed by atoms with van der Waals surface area (Å²) < 4.78 is 6.41. The standard InChI is InChI=1S/C29H28O2/c1-20-15-16-26(17-21(20)2)31-28-19-23(4)22(3)18-27(28)29(30,24-11-7-5-8-12-24)25-13-9-6-10-14-25/h5-19,30H,1-4H3. The first kappa shape index (κ1) is 20.9. The van der Waals surface area contributed by atoms with Crippen LogP contribution in [-0.2, 0) is 5.60 Å². The van der Waals surface area contributed by atoms with Crippen LogP contribution in [0.3, 0.4) is 0 Å². The molecular formula is C29H28O2. The smallest absolute Gasteiger partial charge is 0.144 e. The van der Waals surface area contributed by atoms with Gasteiger partial charge in [-0.1, -0.05) is 66.7 Å². The largest absolute Gasteiger partial charge is 0.457 e. The Bertz CT molecular complexity index is 1150. The molecule has 0 aliphatic heterocycles. The van der Waals surface area contributed by atoms with Crippen molar-refractivity contribution in [1.82, 2.24) is 0 Å². The predicted octanol–water partition coefficient (Wildman–Crippen LogP) is 7.00. The highest BCUT2D eigenvalue weighted by atomic mass is 16.5. The first-order chi connectivity index (χ1) is 14.9. The maximum atomic E-state index is 12.3. The SMILES string of the molecule is Cc1ccc(Oc2cc(C)c(C)cc2C(O)(c2ccccc2)c2ccccc2)cc1C. The Morgan fingerprint density at radius 3 is 1.65 bits per heavy atom. The Morgan fingerprint density at radius 1 is 0.581 bits per heavy atom. The van der Waals surface area contributed by atoms with E-state index in [-0.39, 0.29) is 0 Å². The van der Waals surface area contributed by atoms with E-state index in [1.165, 1.54) is 11.1 Å². The fourth-order valence-electron chi connectivity index (χ4n) is 3.90. The van der Waals surface area contributed by atoms with Gasteiger partial charge in [-0.3, -0.25) is 0 Å². The molecule has 0 amide bonds. The van der Waals surface area contributed by atoms with Crippen molar-refractivity contribution < 1.29 is 9.84 Å². The first-order valence-electron chi connectivity index (χ1n) is 10.6. The topological polar surface area (TPSA) is 29.5 Å². The predicted molar refractivity (Wildman–Crippen MR) is 127 cm³/mol. The highest BCUT2D eigenvalue weighted by Crippen LogP contribution is 2.43. The van der Waals surface area contributed by atoms with E-state index in [2.05, 4.69) is 33.8 Å². The van der Waals surface area contributed by atoms with Gasteiger partial charge in [0, 0.05) is 5.56 Å². The highest BCUT2D eigenvalue weighted by Gasteiger charge is 2.37. The van der Waals surface area contributed by atoms with Gasteiger partial charge in [0.05, 0.1) is 0 Å². The molecule has 2 nitrogen and oxygen atoms in total. The molecule has 156 valence electrons. The second kappa shape index (κ2) is 8.41. The van der Waals surface area contributed by atoms with Crippen LogP contribution < -0.4 is 4.74 Å². The van der Waals surface area contributed by atoms with Gasteiger partial charge in [0.25, 0.3) is 0 Å². The normalized spacial score (nSPS) is 11.4. The van der Waals surface area contributed by atoms with Crippen molar-refractivity contribution >= 4 is 0 Å². The Hall–Kier alpha value is -3.36. The molecule has 0 spiro atoms. The zero-order valence-corrected chi connectivity index (χ0v) is 18.5. The van der Waals surface area contributed by atoms with Gasteiger partial charge >= 0.3 is 0 Å². The average Bonchev–Trinajstić information content (AvgIpc) is 2.79. The van der Waals surface area contributed by atoms with Crippen molar-refractivity contribution in [2.45, 2.75) is 33.3 Å². The third-order valence-corrected chi connectivity index (χ3v) is 6.08. The Kier molecular flexibility index (Phi) is 5.67. The minimum atomic E-state index is -1.35. The van der Waals surface area contributed by atoms with Crippen LogP contribution in [0, 0.1) is 27.7 Å². The van der Waals surface area contributed by atoms with Crippen LogP contribution in [0.1, 0.15) is 38.9 Å². The van der Waals surface area contributed by atoms with Gasteiger partial charge in [-0.05, 0) is 85.3 Å². The van der Waals surface area contributed by atoms with E-state index in [0.29, 0.717) is 5.75 Å². The molecule has 0 fully saturated rings. The van der Waals surface area contributed by atoms with E-state index < -0.39 is 5.60 Å². The summed E-state index contributed by atoms with van der Waals surface area (Å²) in [6.07, 6.45) is 0. The molecule has 4 rings (SSSR count). The summed E-state index contributed by atoms with van der Waals surface area (Å²) in [4.78, 5) is 0. The molecule has 2 heteroatoms. The van der Waals surface area contributed by atoms with Crippen LogP contribution in [0.25, 0.3) is 0 Å². The maximum absolute atomic E-state index is 12.3. The highest BCUT2D eigenvalue weighted by molar-refractivity contribution is 5.56. The number of ether oxygens (including phenoxy) is 1. The van der Waals surface area contributed by atoms with Crippen molar-refractivity contribution in [3.05, 3.63) is 130 Å². The molecule has 0 atom stereocenters. The molecule has 1 N–H and O–H groups in total. The van der Waals surface area contributed by atoms with Crippen molar-refractivity contribution in [3.63, 3.8) is 0 Å². The number of benzene rings is 4. The molecule has 0 aliphatic rings. The van der Waals surface area contributed by atoms with Gasteiger partial charge in [-0.25, -0.2) is 0 Å². The monoisotopic (exact) mass is 408 g/mol. The van der Waals surface area contributed by atoms with E-state index in [0.717, 1.165) is 33.6 Å². The average molecular weight is 409 g/mol. The van der Waals surface area contributed by atoms with E-state index in [1.807, 2.05) is 84.9 Å². The second-order valence-corrected chi connectivity index (χ2v) is 8.22. The minimum absolute atomic E-state index is 0.654. The second-order valence-electron chi connectivity index (χ2n) is 8.22. The summed E-state index contributed by atoms with van der Waals surface area (Å²) in [5, 5.41) is 12.3. The fourth-order valence-corrected chi connectivity index (χ4v) is 3.90. The molecule has 31 heavy (non-hydrogen) atoms. The number of hydrogen-bond donors (Lipinski definition) is 1. The van der Waals surface area contributed by atoms with Gasteiger partial charge in [-0.15, -0.1) is 0 Å². The number of aryl methyl sites for hydroxylation is 4. The summed E-state index contributed by atoms with van der Waals surface area (Å²) >= 11 is 0. The third-order valence-electron chi connectivity index (χ3n) is 6.08. The van der Waals surface area contributed by atoms with Crippen molar-refractivity contribution in [1.29, 1.82) is 0 Å². The zero-order chi connectivity index (χ0) is 22.0. The quantitative estimate of drug-likeness (QED) is 0.360. The molecule has 0 aromatic heterocycles. The molecule has 0 aliphatic carbocycles. The maximum Gasteiger partial charge on any atom is 0.144 e. The fraction of sp³-hybridized carbons (Fsp3) is 0.172. The molecule has 0 bridgehead atoms. The van der Waals surface area contributed by atoms with Crippen molar-refractivity contribution in [2.75, 3.05) is 0 Å². The lowest BCUT2D eigenvalue weighted by atomic mass is 9.79. The Morgan fingerprint density at radius 2 is 1.10 bits per heavy atom. The van der Waals surface area contributed by atoms with Crippen molar-refractivity contribution in [2.24, 2.45) is 0 Å². The molecule has 0 unspecified atom stereocenters.